The van der Waals surface area contributed by atoms with Crippen LogP contribution in [-0.2, 0) is 11.3 Å². The van der Waals surface area contributed by atoms with Crippen LogP contribution in [0.5, 0.6) is 0 Å². The maximum atomic E-state index is 13.7. The molecule has 2 amide bonds. The Morgan fingerprint density at radius 3 is 2.45 bits per heavy atom. The van der Waals surface area contributed by atoms with E-state index in [1.807, 2.05) is 17.0 Å². The number of carbonyl (C=O) groups excluding carboxylic acids is 2. The zero-order chi connectivity index (χ0) is 20.8. The molecule has 2 aromatic carbocycles. The molecular weight excluding hydrogens is 373 g/mol. The van der Waals surface area contributed by atoms with Crippen molar-refractivity contribution in [3.05, 3.63) is 65.5 Å². The lowest BCUT2D eigenvalue weighted by Crippen LogP contribution is -2.43. The molecule has 2 aromatic rings. The van der Waals surface area contributed by atoms with Gasteiger partial charge in [0.2, 0.25) is 0 Å². The molecule has 1 saturated carbocycles. The lowest BCUT2D eigenvalue weighted by Gasteiger charge is -2.36. The fourth-order valence-corrected chi connectivity index (χ4v) is 3.63. The molecule has 6 nitrogen and oxygen atoms in total. The average molecular weight is 399 g/mol. The minimum absolute atomic E-state index is 0.0541. The summed E-state index contributed by atoms with van der Waals surface area (Å²) in [5.74, 6) is -0.624. The number of rotatable bonds is 5. The first-order valence-electron chi connectivity index (χ1n) is 9.72. The lowest BCUT2D eigenvalue weighted by atomic mass is 9.90. The van der Waals surface area contributed by atoms with Gasteiger partial charge in [-0.2, -0.15) is 0 Å². The van der Waals surface area contributed by atoms with Gasteiger partial charge in [-0.15, -0.1) is 0 Å². The van der Waals surface area contributed by atoms with Crippen LogP contribution >= 0.6 is 0 Å². The molecule has 0 spiro atoms. The molecule has 0 heterocycles. The molecule has 0 radical (unpaired) electrons. The second-order valence-corrected chi connectivity index (χ2v) is 7.33. The van der Waals surface area contributed by atoms with Crippen LogP contribution in [0.3, 0.4) is 0 Å². The van der Waals surface area contributed by atoms with Gasteiger partial charge in [-0.25, -0.2) is 9.18 Å². The van der Waals surface area contributed by atoms with E-state index in [4.69, 9.17) is 5.73 Å². The van der Waals surface area contributed by atoms with Crippen molar-refractivity contribution in [2.75, 3.05) is 12.4 Å². The van der Waals surface area contributed by atoms with Gasteiger partial charge in [0.1, 0.15) is 5.82 Å². The third-order valence-corrected chi connectivity index (χ3v) is 5.25. The quantitative estimate of drug-likeness (QED) is 0.798. The number of nitrogens with two attached hydrogens (primary N) is 1. The average Bonchev–Trinajstić information content (AvgIpc) is 2.73. The topological polar surface area (TPSA) is 84.7 Å². The summed E-state index contributed by atoms with van der Waals surface area (Å²) in [7, 11) is 1.30. The molecule has 0 atom stereocenters. The van der Waals surface area contributed by atoms with Crippen LogP contribution in [-0.4, -0.2) is 36.1 Å². The van der Waals surface area contributed by atoms with Crippen LogP contribution in [0.15, 0.2) is 48.5 Å². The summed E-state index contributed by atoms with van der Waals surface area (Å²) in [6.07, 6.45) is 2.83. The van der Waals surface area contributed by atoms with E-state index in [0.717, 1.165) is 31.2 Å². The maximum Gasteiger partial charge on any atom is 0.411 e. The number of anilines is 1. The summed E-state index contributed by atoms with van der Waals surface area (Å²) in [5.41, 5.74) is 7.88. The largest absolute Gasteiger partial charge is 0.453 e. The Bertz CT molecular complexity index is 849. The Morgan fingerprint density at radius 2 is 1.83 bits per heavy atom. The fourth-order valence-electron chi connectivity index (χ4n) is 3.63. The van der Waals surface area contributed by atoms with Crippen molar-refractivity contribution in [2.24, 2.45) is 5.73 Å². The van der Waals surface area contributed by atoms with E-state index < -0.39 is 11.9 Å². The summed E-state index contributed by atoms with van der Waals surface area (Å²) in [5, 5.41) is 2.60. The van der Waals surface area contributed by atoms with E-state index in [2.05, 4.69) is 10.1 Å². The van der Waals surface area contributed by atoms with Gasteiger partial charge in [-0.1, -0.05) is 18.2 Å². The van der Waals surface area contributed by atoms with Crippen LogP contribution in [0.2, 0.25) is 0 Å². The first kappa shape index (κ1) is 20.8. The van der Waals surface area contributed by atoms with Gasteiger partial charge in [0.05, 0.1) is 7.11 Å². The highest BCUT2D eigenvalue weighted by Gasteiger charge is 2.28. The number of halogens is 1. The standard InChI is InChI=1S/C22H26FN3O3/c1-29-22(28)25-19-9-5-15(6-10-19)14-26(20-11-7-18(24)8-12-20)21(27)16-3-2-4-17(23)13-16/h2-6,9-10,13,18,20H,7-8,11-12,14,24H2,1H3,(H,25,28). The zero-order valence-corrected chi connectivity index (χ0v) is 16.4. The van der Waals surface area contributed by atoms with Gasteiger partial charge in [0.15, 0.2) is 0 Å². The van der Waals surface area contributed by atoms with Gasteiger partial charge < -0.3 is 15.4 Å². The normalized spacial score (nSPS) is 18.7. The predicted octanol–water partition coefficient (Wildman–Crippen LogP) is 3.92. The molecule has 0 bridgehead atoms. The number of methoxy groups -OCH3 is 1. The number of hydrogen-bond donors (Lipinski definition) is 2. The van der Waals surface area contributed by atoms with E-state index in [1.165, 1.54) is 19.2 Å². The summed E-state index contributed by atoms with van der Waals surface area (Å²) < 4.78 is 18.2. The molecule has 1 aliphatic rings. The number of nitrogens with zero attached hydrogens (tertiary/aromatic N) is 1. The van der Waals surface area contributed by atoms with Gasteiger partial charge in [0, 0.05) is 29.9 Å². The van der Waals surface area contributed by atoms with Crippen molar-refractivity contribution in [2.45, 2.75) is 44.3 Å². The van der Waals surface area contributed by atoms with Crippen molar-refractivity contribution in [3.63, 3.8) is 0 Å². The summed E-state index contributed by atoms with van der Waals surface area (Å²) in [4.78, 5) is 26.3. The number of nitrogens with one attached hydrogen (secondary N) is 1. The Morgan fingerprint density at radius 1 is 1.14 bits per heavy atom. The minimum Gasteiger partial charge on any atom is -0.453 e. The summed E-state index contributed by atoms with van der Waals surface area (Å²) in [6, 6.07) is 13.2. The minimum atomic E-state index is -0.542. The molecule has 29 heavy (non-hydrogen) atoms. The molecule has 3 rings (SSSR count). The SMILES string of the molecule is COC(=O)Nc1ccc(CN(C(=O)c2cccc(F)c2)C2CCC(N)CC2)cc1. The first-order chi connectivity index (χ1) is 14.0. The number of ether oxygens (including phenoxy) is 1. The van der Waals surface area contributed by atoms with Gasteiger partial charge in [-0.3, -0.25) is 10.1 Å². The third-order valence-electron chi connectivity index (χ3n) is 5.25. The molecule has 1 fully saturated rings. The number of carbonyl (C=O) groups is 2. The number of hydrogen-bond acceptors (Lipinski definition) is 4. The van der Waals surface area contributed by atoms with Crippen molar-refractivity contribution in [1.82, 2.24) is 4.90 Å². The highest BCUT2D eigenvalue weighted by atomic mass is 19.1. The van der Waals surface area contributed by atoms with Gasteiger partial charge in [0.25, 0.3) is 5.91 Å². The van der Waals surface area contributed by atoms with Gasteiger partial charge >= 0.3 is 6.09 Å². The molecule has 0 aromatic heterocycles. The Labute approximate surface area is 169 Å². The van der Waals surface area contributed by atoms with Crippen LogP contribution in [0.25, 0.3) is 0 Å². The molecule has 1 aliphatic carbocycles. The van der Waals surface area contributed by atoms with Crippen LogP contribution in [0.1, 0.15) is 41.6 Å². The number of amides is 2. The molecule has 0 aliphatic heterocycles. The molecule has 0 saturated heterocycles. The third kappa shape index (κ3) is 5.54. The number of benzene rings is 2. The van der Waals surface area contributed by atoms with Gasteiger partial charge in [-0.05, 0) is 61.6 Å². The smallest absolute Gasteiger partial charge is 0.411 e. The van der Waals surface area contributed by atoms with Crippen LogP contribution < -0.4 is 11.1 Å². The molecule has 154 valence electrons. The van der Waals surface area contributed by atoms with E-state index in [0.29, 0.717) is 17.8 Å². The Balaban J connectivity index is 1.79. The van der Waals surface area contributed by atoms with Crippen LogP contribution in [0, 0.1) is 5.82 Å². The Hall–Kier alpha value is -2.93. The summed E-state index contributed by atoms with van der Waals surface area (Å²) >= 11 is 0. The Kier molecular flexibility index (Phi) is 6.82. The van der Waals surface area contributed by atoms with E-state index >= 15 is 0 Å². The monoisotopic (exact) mass is 399 g/mol. The molecule has 7 heteroatoms. The van der Waals surface area contributed by atoms with Crippen molar-refractivity contribution >= 4 is 17.7 Å². The van der Waals surface area contributed by atoms with E-state index in [1.54, 1.807) is 24.3 Å². The van der Waals surface area contributed by atoms with Crippen molar-refractivity contribution < 1.29 is 18.7 Å². The van der Waals surface area contributed by atoms with E-state index in [9.17, 15) is 14.0 Å². The maximum absolute atomic E-state index is 13.7. The second kappa shape index (κ2) is 9.52. The molecule has 3 N–H and O–H groups in total. The van der Waals surface area contributed by atoms with Crippen LogP contribution in [0.4, 0.5) is 14.9 Å². The van der Waals surface area contributed by atoms with Crippen molar-refractivity contribution in [3.8, 4) is 0 Å². The predicted molar refractivity (Wildman–Crippen MR) is 109 cm³/mol. The van der Waals surface area contributed by atoms with Crippen molar-refractivity contribution in [1.29, 1.82) is 0 Å². The summed E-state index contributed by atoms with van der Waals surface area (Å²) in [6.45, 7) is 0.397. The zero-order valence-electron chi connectivity index (χ0n) is 16.4. The van der Waals surface area contributed by atoms with E-state index in [-0.39, 0.29) is 18.0 Å². The first-order valence-corrected chi connectivity index (χ1v) is 9.72. The second-order valence-electron chi connectivity index (χ2n) is 7.33. The fraction of sp³-hybridized carbons (Fsp3) is 0.364. The highest BCUT2D eigenvalue weighted by molar-refractivity contribution is 5.94. The lowest BCUT2D eigenvalue weighted by molar-refractivity contribution is 0.0606. The molecular formula is C22H26FN3O3. The highest BCUT2D eigenvalue weighted by Crippen LogP contribution is 2.26. The molecule has 0 unspecified atom stereocenters.